The van der Waals surface area contributed by atoms with Crippen molar-refractivity contribution in [2.45, 2.75) is 16.7 Å². The predicted octanol–water partition coefficient (Wildman–Crippen LogP) is 4.81. The number of hydrogen-bond donors (Lipinski definition) is 0. The molecule has 0 spiro atoms. The first kappa shape index (κ1) is 27.4. The van der Waals surface area contributed by atoms with Crippen molar-refractivity contribution >= 4 is 46.8 Å². The summed E-state index contributed by atoms with van der Waals surface area (Å²) < 4.78 is 92.1. The van der Waals surface area contributed by atoms with Gasteiger partial charge in [-0.1, -0.05) is 48.0 Å². The van der Waals surface area contributed by atoms with Crippen LogP contribution in [0.5, 0.6) is 11.5 Å². The SMILES string of the molecule is COc1ccc(S(=O)(=O)N(c2ccc3c(c2)C=C(c2ccccc2)S(=O)(=O)O3)S(=O)(=O)c2ccc(C)cc2)cc1. The van der Waals surface area contributed by atoms with Crippen LogP contribution in [0.3, 0.4) is 0 Å². The van der Waals surface area contributed by atoms with Crippen molar-refractivity contribution in [2.75, 3.05) is 10.8 Å². The maximum Gasteiger partial charge on any atom is 0.339 e. The number of benzene rings is 4. The Kier molecular flexibility index (Phi) is 6.94. The van der Waals surface area contributed by atoms with Crippen molar-refractivity contribution < 1.29 is 34.2 Å². The molecule has 1 aliphatic heterocycles. The van der Waals surface area contributed by atoms with Crippen molar-refractivity contribution in [2.24, 2.45) is 0 Å². The Bertz CT molecular complexity index is 1930. The lowest BCUT2D eigenvalue weighted by Gasteiger charge is -2.26. The van der Waals surface area contributed by atoms with Gasteiger partial charge < -0.3 is 8.92 Å². The van der Waals surface area contributed by atoms with Crippen LogP contribution in [0.4, 0.5) is 5.69 Å². The molecule has 4 aromatic carbocycles. The second kappa shape index (κ2) is 10.1. The van der Waals surface area contributed by atoms with E-state index in [2.05, 4.69) is 0 Å². The lowest BCUT2D eigenvalue weighted by molar-refractivity contribution is 0.414. The molecule has 0 amide bonds. The summed E-state index contributed by atoms with van der Waals surface area (Å²) in [5.74, 6) is 0.315. The summed E-state index contributed by atoms with van der Waals surface area (Å²) in [6.45, 7) is 1.77. The second-order valence-corrected chi connectivity index (χ2v) is 14.1. The first-order valence-corrected chi connectivity index (χ1v) is 16.1. The average molecular weight is 598 g/mol. The smallest absolute Gasteiger partial charge is 0.339 e. The lowest BCUT2D eigenvalue weighted by Crippen LogP contribution is -2.37. The van der Waals surface area contributed by atoms with Gasteiger partial charge in [-0.15, -0.1) is 0 Å². The van der Waals surface area contributed by atoms with Crippen molar-refractivity contribution in [1.82, 2.24) is 0 Å². The number of nitrogens with zero attached hydrogens (tertiary/aromatic N) is 1. The summed E-state index contributed by atoms with van der Waals surface area (Å²) in [6.07, 6.45) is 1.32. The molecule has 9 nitrogen and oxygen atoms in total. The van der Waals surface area contributed by atoms with Crippen LogP contribution in [-0.2, 0) is 30.2 Å². The molecule has 0 saturated heterocycles. The summed E-state index contributed by atoms with van der Waals surface area (Å²) in [5, 5.41) is 0. The highest BCUT2D eigenvalue weighted by molar-refractivity contribution is 8.10. The zero-order valence-corrected chi connectivity index (χ0v) is 23.7. The van der Waals surface area contributed by atoms with Gasteiger partial charge in [0.15, 0.2) is 0 Å². The molecule has 1 aliphatic rings. The third-order valence-electron chi connectivity index (χ3n) is 6.13. The number of hydrogen-bond acceptors (Lipinski definition) is 8. The standard InChI is InChI=1S/C28H23NO8S3/c1-20-8-13-25(14-9-20)38(30,31)29(39(32,33)26-15-11-24(36-2)12-16-26)23-10-17-27-22(18-23)19-28(40(34,35)37-27)21-6-4-3-5-7-21/h3-19H,1-2H3. The van der Waals surface area contributed by atoms with Crippen LogP contribution in [0, 0.1) is 6.92 Å². The Hall–Kier alpha value is -4.13. The van der Waals surface area contributed by atoms with E-state index in [1.165, 1.54) is 67.8 Å². The maximum atomic E-state index is 13.9. The molecule has 0 saturated carbocycles. The monoisotopic (exact) mass is 597 g/mol. The second-order valence-electron chi connectivity index (χ2n) is 8.83. The zero-order chi connectivity index (χ0) is 28.7. The van der Waals surface area contributed by atoms with Gasteiger partial charge in [-0.25, -0.2) is 16.8 Å². The summed E-state index contributed by atoms with van der Waals surface area (Å²) >= 11 is 0. The van der Waals surface area contributed by atoms with Crippen LogP contribution in [0.25, 0.3) is 11.0 Å². The maximum absolute atomic E-state index is 13.9. The van der Waals surface area contributed by atoms with Gasteiger partial charge in [-0.3, -0.25) is 0 Å². The number of fused-ring (bicyclic) bond motifs is 1. The van der Waals surface area contributed by atoms with Gasteiger partial charge in [0.2, 0.25) is 0 Å². The van der Waals surface area contributed by atoms with E-state index in [4.69, 9.17) is 8.92 Å². The van der Waals surface area contributed by atoms with E-state index >= 15 is 0 Å². The van der Waals surface area contributed by atoms with Crippen LogP contribution < -0.4 is 12.6 Å². The van der Waals surface area contributed by atoms with Gasteiger partial charge in [0.25, 0.3) is 20.0 Å². The van der Waals surface area contributed by atoms with Crippen molar-refractivity contribution in [3.05, 3.63) is 114 Å². The van der Waals surface area contributed by atoms with Crippen LogP contribution in [0.2, 0.25) is 0 Å². The van der Waals surface area contributed by atoms with E-state index in [0.29, 0.717) is 15.0 Å². The van der Waals surface area contributed by atoms with Gasteiger partial charge in [-0.2, -0.15) is 12.1 Å². The summed E-state index contributed by atoms with van der Waals surface area (Å²) in [4.78, 5) is -0.683. The molecule has 0 atom stereocenters. The fourth-order valence-electron chi connectivity index (χ4n) is 4.10. The highest BCUT2D eigenvalue weighted by Crippen LogP contribution is 2.40. The number of anilines is 1. The third kappa shape index (κ3) is 4.96. The third-order valence-corrected chi connectivity index (χ3v) is 11.6. The topological polar surface area (TPSA) is 124 Å². The van der Waals surface area contributed by atoms with Crippen molar-refractivity contribution in [3.8, 4) is 11.5 Å². The molecule has 0 unspecified atom stereocenters. The molecular formula is C28H23NO8S3. The highest BCUT2D eigenvalue weighted by Gasteiger charge is 2.38. The number of sulfonamides is 2. The molecule has 4 aromatic rings. The normalized spacial score (nSPS) is 14.4. The average Bonchev–Trinajstić information content (AvgIpc) is 2.93. The molecule has 206 valence electrons. The van der Waals surface area contributed by atoms with Crippen molar-refractivity contribution in [3.63, 3.8) is 0 Å². The molecule has 0 aliphatic carbocycles. The van der Waals surface area contributed by atoms with Gasteiger partial charge in [0.1, 0.15) is 16.4 Å². The lowest BCUT2D eigenvalue weighted by atomic mass is 10.1. The molecule has 1 heterocycles. The molecular weight excluding hydrogens is 575 g/mol. The molecule has 0 N–H and O–H groups in total. The number of aryl methyl sites for hydroxylation is 1. The number of methoxy groups -OCH3 is 1. The van der Waals surface area contributed by atoms with Crippen molar-refractivity contribution in [1.29, 1.82) is 0 Å². The molecule has 12 heteroatoms. The van der Waals surface area contributed by atoms with Gasteiger partial charge in [-0.05, 0) is 73.2 Å². The van der Waals surface area contributed by atoms with Crippen LogP contribution >= 0.6 is 0 Å². The first-order valence-electron chi connectivity index (χ1n) is 11.8. The van der Waals surface area contributed by atoms with Crippen LogP contribution in [0.1, 0.15) is 16.7 Å². The number of rotatable bonds is 7. The van der Waals surface area contributed by atoms with Gasteiger partial charge in [0.05, 0.1) is 22.6 Å². The largest absolute Gasteiger partial charge is 0.497 e. The predicted molar refractivity (Wildman–Crippen MR) is 151 cm³/mol. The zero-order valence-electron chi connectivity index (χ0n) is 21.3. The molecule has 0 radical (unpaired) electrons. The molecule has 40 heavy (non-hydrogen) atoms. The Labute approximate surface area is 233 Å². The van der Waals surface area contributed by atoms with Crippen LogP contribution in [-0.4, -0.2) is 32.4 Å². The first-order chi connectivity index (χ1) is 18.9. The molecule has 0 fully saturated rings. The summed E-state index contributed by atoms with van der Waals surface area (Å²) in [6, 6.07) is 23.0. The minimum atomic E-state index is -4.70. The Balaban J connectivity index is 1.72. The Morgan fingerprint density at radius 1 is 0.750 bits per heavy atom. The highest BCUT2D eigenvalue weighted by atomic mass is 32.3. The van der Waals surface area contributed by atoms with E-state index in [-0.39, 0.29) is 31.7 Å². The molecule has 0 bridgehead atoms. The number of ether oxygens (including phenoxy) is 1. The van der Waals surface area contributed by atoms with Crippen LogP contribution in [0.15, 0.2) is 107 Å². The Morgan fingerprint density at radius 2 is 1.32 bits per heavy atom. The fraction of sp³-hybridized carbons (Fsp3) is 0.0714. The minimum absolute atomic E-state index is 0.0713. The van der Waals surface area contributed by atoms with Gasteiger partial charge >= 0.3 is 10.1 Å². The van der Waals surface area contributed by atoms with E-state index in [0.717, 1.165) is 5.56 Å². The molecule has 5 rings (SSSR count). The fourth-order valence-corrected chi connectivity index (χ4v) is 8.95. The molecule has 0 aromatic heterocycles. The van der Waals surface area contributed by atoms with E-state index < -0.39 is 30.2 Å². The minimum Gasteiger partial charge on any atom is -0.497 e. The van der Waals surface area contributed by atoms with E-state index in [9.17, 15) is 25.3 Å². The van der Waals surface area contributed by atoms with E-state index in [1.54, 1.807) is 49.4 Å². The van der Waals surface area contributed by atoms with Gasteiger partial charge in [0, 0.05) is 5.56 Å². The quantitative estimate of drug-likeness (QED) is 0.278. The summed E-state index contributed by atoms with van der Waals surface area (Å²) in [5.41, 5.74) is 1.09. The summed E-state index contributed by atoms with van der Waals surface area (Å²) in [7, 11) is -12.1. The Morgan fingerprint density at radius 3 is 1.90 bits per heavy atom. The van der Waals surface area contributed by atoms with E-state index in [1.807, 2.05) is 0 Å².